The van der Waals surface area contributed by atoms with Gasteiger partial charge >= 0.3 is 11.9 Å². The van der Waals surface area contributed by atoms with Gasteiger partial charge in [0.25, 0.3) is 0 Å². The standard InChI is InChI=1S/C49H67NO13/c1-27-18-33(37-22-32(27)8-10-34(37)25-52)11-13-43(56)61-46-44(57)45-40(50-24-28(2)54)14-16-49(59,63-45)47(46)62-48(58)36(19-30-5-12-41(55)42(21-30)60-3)23-39-35(26-53)9-7-31-6-4-29(15-17-51)20-38(31)39/h4-6,12,14,16,19-21,27-28,32-35,37,39-40,44-47,50-55,57,59H,7-11,13,15,17-18,22-26H2,1-3H3/b36-19+/t27-,28+,32-,33-,34-,35-,37+,39-,40+,44+,45+,46-,47-,49-/m1/s1. The molecule has 8 N–H and O–H groups in total. The first-order valence-corrected chi connectivity index (χ1v) is 22.9. The van der Waals surface area contributed by atoms with Crippen molar-refractivity contribution in [3.05, 3.63) is 76.4 Å². The van der Waals surface area contributed by atoms with Crippen LogP contribution in [-0.4, -0.2) is 124 Å². The Balaban J connectivity index is 1.20. The zero-order chi connectivity index (χ0) is 45.0. The van der Waals surface area contributed by atoms with Crippen molar-refractivity contribution in [2.24, 2.45) is 35.5 Å². The van der Waals surface area contributed by atoms with Crippen LogP contribution < -0.4 is 10.1 Å². The molecule has 2 aromatic rings. The molecule has 4 bridgehead atoms. The van der Waals surface area contributed by atoms with Crippen molar-refractivity contribution in [1.82, 2.24) is 5.32 Å². The number of aryl methyl sites for hydroxylation is 1. The minimum absolute atomic E-state index is 0.0137. The number of carbonyl (C=O) groups is 2. The van der Waals surface area contributed by atoms with Crippen molar-refractivity contribution in [3.63, 3.8) is 0 Å². The monoisotopic (exact) mass is 877 g/mol. The maximum Gasteiger partial charge on any atom is 0.334 e. The normalized spacial score (nSPS) is 34.1. The number of hydrogen-bond donors (Lipinski definition) is 8. The predicted molar refractivity (Wildman–Crippen MR) is 232 cm³/mol. The first-order chi connectivity index (χ1) is 30.2. The number of aromatic hydroxyl groups is 1. The summed E-state index contributed by atoms with van der Waals surface area (Å²) in [6.07, 6.45) is 4.12. The van der Waals surface area contributed by atoms with E-state index in [9.17, 15) is 45.3 Å². The van der Waals surface area contributed by atoms with E-state index in [-0.39, 0.29) is 80.0 Å². The van der Waals surface area contributed by atoms with Crippen LogP contribution in [0.15, 0.2) is 54.1 Å². The lowest BCUT2D eigenvalue weighted by Gasteiger charge is -2.51. The van der Waals surface area contributed by atoms with Crippen LogP contribution in [-0.2, 0) is 36.6 Å². The van der Waals surface area contributed by atoms with Crippen molar-refractivity contribution in [2.75, 3.05) is 33.5 Å². The number of phenols is 1. The summed E-state index contributed by atoms with van der Waals surface area (Å²) in [6, 6.07) is 9.89. The van der Waals surface area contributed by atoms with Crippen LogP contribution in [0.25, 0.3) is 6.08 Å². The molecule has 3 aliphatic carbocycles. The fourth-order valence-corrected chi connectivity index (χ4v) is 11.2. The Hall–Kier alpha value is -3.86. The van der Waals surface area contributed by atoms with Gasteiger partial charge in [0.15, 0.2) is 23.7 Å². The van der Waals surface area contributed by atoms with Gasteiger partial charge in [0, 0.05) is 38.4 Å². The van der Waals surface area contributed by atoms with Crippen molar-refractivity contribution in [1.29, 1.82) is 0 Å². The molecule has 0 amide bonds. The zero-order valence-corrected chi connectivity index (χ0v) is 36.7. The van der Waals surface area contributed by atoms with Gasteiger partial charge in [-0.3, -0.25) is 4.79 Å². The molecule has 0 aromatic heterocycles. The second-order valence-corrected chi connectivity index (χ2v) is 18.8. The molecule has 2 saturated carbocycles. The summed E-state index contributed by atoms with van der Waals surface area (Å²) in [5.41, 5.74) is 3.52. The van der Waals surface area contributed by atoms with Crippen LogP contribution in [0.4, 0.5) is 0 Å². The summed E-state index contributed by atoms with van der Waals surface area (Å²) < 4.78 is 23.8. The molecule has 14 heteroatoms. The lowest BCUT2D eigenvalue weighted by atomic mass is 9.58. The Morgan fingerprint density at radius 3 is 2.54 bits per heavy atom. The SMILES string of the molecule is COc1cc(/C=C(\C[C@H]2c3cc(CCO)ccc3CC[C@@H]2CO)C(=O)O[C@@H]2[C@H](OC(=O)CC[C@@H]3C[C@@H](C)[C@@H]4CC[C@H](CO)[C@H]3C4)[C@@H](O)[C@H]3O[C@]2(O)C=C[C@@H]3NC[C@H](C)O)ccc1O. The van der Waals surface area contributed by atoms with E-state index in [4.69, 9.17) is 18.9 Å². The highest BCUT2D eigenvalue weighted by Gasteiger charge is 2.60. The highest BCUT2D eigenvalue weighted by molar-refractivity contribution is 5.94. The number of esters is 2. The van der Waals surface area contributed by atoms with Crippen molar-refractivity contribution >= 4 is 18.0 Å². The van der Waals surface area contributed by atoms with Crippen LogP contribution in [0.1, 0.15) is 93.4 Å². The molecule has 1 saturated heterocycles. The number of carbonyl (C=O) groups excluding carboxylic acids is 2. The number of hydrogen-bond acceptors (Lipinski definition) is 14. The molecule has 14 nitrogen and oxygen atoms in total. The average Bonchev–Trinajstić information content (AvgIpc) is 3.27. The van der Waals surface area contributed by atoms with Gasteiger partial charge in [-0.1, -0.05) is 37.3 Å². The van der Waals surface area contributed by atoms with Gasteiger partial charge in [0.2, 0.25) is 5.79 Å². The van der Waals surface area contributed by atoms with Crippen LogP contribution in [0.2, 0.25) is 0 Å². The number of aliphatic hydroxyl groups is 6. The molecular weight excluding hydrogens is 811 g/mol. The van der Waals surface area contributed by atoms with Crippen LogP contribution in [0, 0.1) is 35.5 Å². The van der Waals surface area contributed by atoms with Gasteiger partial charge in [-0.05, 0) is 153 Å². The highest BCUT2D eigenvalue weighted by atomic mass is 16.7. The zero-order valence-electron chi connectivity index (χ0n) is 36.7. The van der Waals surface area contributed by atoms with Crippen molar-refractivity contribution in [3.8, 4) is 11.5 Å². The van der Waals surface area contributed by atoms with E-state index in [0.29, 0.717) is 42.6 Å². The second-order valence-electron chi connectivity index (χ2n) is 18.8. The Morgan fingerprint density at radius 1 is 1.02 bits per heavy atom. The number of methoxy groups -OCH3 is 1. The third-order valence-electron chi connectivity index (χ3n) is 14.7. The molecule has 0 radical (unpaired) electrons. The average molecular weight is 878 g/mol. The quantitative estimate of drug-likeness (QED) is 0.0645. The Labute approximate surface area is 369 Å². The van der Waals surface area contributed by atoms with E-state index in [1.165, 1.54) is 19.3 Å². The van der Waals surface area contributed by atoms with Crippen LogP contribution >= 0.6 is 0 Å². The van der Waals surface area contributed by atoms with Crippen molar-refractivity contribution < 1.29 is 64.3 Å². The lowest BCUT2D eigenvalue weighted by molar-refractivity contribution is -0.333. The van der Waals surface area contributed by atoms with Gasteiger partial charge < -0.3 is 60.0 Å². The topological polar surface area (TPSA) is 225 Å². The predicted octanol–water partition coefficient (Wildman–Crippen LogP) is 3.69. The van der Waals surface area contributed by atoms with E-state index in [2.05, 4.69) is 12.2 Å². The lowest BCUT2D eigenvalue weighted by Crippen LogP contribution is -2.71. The molecule has 346 valence electrons. The number of fused-ring (bicyclic) bond motifs is 5. The number of benzene rings is 2. The van der Waals surface area contributed by atoms with E-state index in [1.54, 1.807) is 31.2 Å². The van der Waals surface area contributed by atoms with E-state index < -0.39 is 54.3 Å². The van der Waals surface area contributed by atoms with E-state index in [0.717, 1.165) is 48.8 Å². The number of ether oxygens (including phenoxy) is 4. The van der Waals surface area contributed by atoms with E-state index in [1.807, 2.05) is 18.2 Å². The molecule has 2 aromatic carbocycles. The van der Waals surface area contributed by atoms with Gasteiger partial charge in [0.1, 0.15) is 12.2 Å². The number of rotatable bonds is 17. The number of phenolic OH excluding ortho intramolecular Hbond substituents is 1. The molecule has 2 heterocycles. The summed E-state index contributed by atoms with van der Waals surface area (Å²) >= 11 is 0. The second kappa shape index (κ2) is 20.5. The smallest absolute Gasteiger partial charge is 0.334 e. The fourth-order valence-electron chi connectivity index (χ4n) is 11.2. The summed E-state index contributed by atoms with van der Waals surface area (Å²) in [6.45, 7) is 3.90. The molecule has 2 aliphatic heterocycles. The fraction of sp³-hybridized carbons (Fsp3) is 0.633. The van der Waals surface area contributed by atoms with Gasteiger partial charge in [-0.2, -0.15) is 0 Å². The number of nitrogens with one attached hydrogen (secondary N) is 1. The van der Waals surface area contributed by atoms with Crippen molar-refractivity contribution in [2.45, 2.75) is 126 Å². The maximum atomic E-state index is 14.9. The minimum atomic E-state index is -2.34. The first kappa shape index (κ1) is 47.1. The minimum Gasteiger partial charge on any atom is -0.504 e. The van der Waals surface area contributed by atoms with E-state index >= 15 is 0 Å². The van der Waals surface area contributed by atoms with Gasteiger partial charge in [-0.15, -0.1) is 0 Å². The van der Waals surface area contributed by atoms with Crippen LogP contribution in [0.5, 0.6) is 11.5 Å². The van der Waals surface area contributed by atoms with Gasteiger partial charge in [-0.25, -0.2) is 4.79 Å². The molecule has 7 rings (SSSR count). The number of aliphatic hydroxyl groups excluding tert-OH is 5. The Kier molecular flexibility index (Phi) is 15.4. The molecule has 0 spiro atoms. The largest absolute Gasteiger partial charge is 0.504 e. The summed E-state index contributed by atoms with van der Waals surface area (Å²) in [7, 11) is 1.41. The third kappa shape index (κ3) is 10.5. The Bertz CT molecular complexity index is 1970. The Morgan fingerprint density at radius 2 is 1.81 bits per heavy atom. The summed E-state index contributed by atoms with van der Waals surface area (Å²) in [5, 5.41) is 78.3. The van der Waals surface area contributed by atoms with Crippen LogP contribution in [0.3, 0.4) is 0 Å². The summed E-state index contributed by atoms with van der Waals surface area (Å²) in [4.78, 5) is 28.8. The first-order valence-electron chi connectivity index (χ1n) is 22.9. The molecular formula is C49H67NO13. The highest BCUT2D eigenvalue weighted by Crippen LogP contribution is 2.50. The summed E-state index contributed by atoms with van der Waals surface area (Å²) in [5.74, 6) is -2.62. The third-order valence-corrected chi connectivity index (χ3v) is 14.7. The molecule has 63 heavy (non-hydrogen) atoms. The molecule has 5 aliphatic rings. The molecule has 0 unspecified atom stereocenters. The molecule has 3 fully saturated rings. The molecule has 14 atom stereocenters. The maximum absolute atomic E-state index is 14.9. The van der Waals surface area contributed by atoms with Gasteiger partial charge in [0.05, 0.1) is 19.3 Å².